The van der Waals surface area contributed by atoms with Crippen LogP contribution in [0.1, 0.15) is 22.3 Å². The number of fused-ring (bicyclic) bond motifs is 2. The Balaban J connectivity index is 0.000000196. The number of nitro benzene ring substituents is 2. The van der Waals surface area contributed by atoms with Crippen LogP contribution in [0.25, 0.3) is 21.8 Å². The van der Waals surface area contributed by atoms with Gasteiger partial charge in [0, 0.05) is 92.9 Å². The maximum absolute atomic E-state index is 14.3. The molecule has 2 heterocycles. The van der Waals surface area contributed by atoms with Crippen molar-refractivity contribution in [2.24, 2.45) is 0 Å². The zero-order valence-electron chi connectivity index (χ0n) is 34.4. The summed E-state index contributed by atoms with van der Waals surface area (Å²) in [6.07, 6.45) is -7.44. The summed E-state index contributed by atoms with van der Waals surface area (Å²) in [5.41, 5.74) is -5.37. The second-order valence-electron chi connectivity index (χ2n) is 15.1. The zero-order valence-corrected chi connectivity index (χ0v) is 36.0. The van der Waals surface area contributed by atoms with Gasteiger partial charge in [-0.05, 0) is 47.5 Å². The Labute approximate surface area is 381 Å². The number of rotatable bonds is 14. The second kappa shape index (κ2) is 19.5. The van der Waals surface area contributed by atoms with Crippen molar-refractivity contribution >= 4 is 56.7 Å². The summed E-state index contributed by atoms with van der Waals surface area (Å²) >= 11 is 1.78. The normalized spacial score (nSPS) is 13.7. The van der Waals surface area contributed by atoms with Crippen LogP contribution in [0, 0.1) is 20.2 Å². The first-order chi connectivity index (χ1) is 31.4. The minimum atomic E-state index is -4.97. The van der Waals surface area contributed by atoms with E-state index in [1.165, 1.54) is 45.8 Å². The van der Waals surface area contributed by atoms with Crippen LogP contribution in [-0.4, -0.2) is 53.1 Å². The van der Waals surface area contributed by atoms with Crippen molar-refractivity contribution in [2.45, 2.75) is 46.4 Å². The van der Waals surface area contributed by atoms with Gasteiger partial charge < -0.3 is 19.3 Å². The fourth-order valence-electron chi connectivity index (χ4n) is 7.30. The maximum atomic E-state index is 14.3. The molecule has 10 nitrogen and oxygen atoms in total. The molecule has 0 saturated heterocycles. The van der Waals surface area contributed by atoms with Crippen LogP contribution in [-0.2, 0) is 24.3 Å². The SMILES string of the molecule is O=[N+]([O-])c1ccc2c(C(O)(CSc3ccccc3)C(F)(F)F)cn(Cc3ccccc3)c2c1.O=[N+]([O-])c1ccc2c(C(O)(CSc3ccccc3)C(F)(F)F)cn(Cc3ccccc3)c2c1. The number of non-ortho nitro benzene ring substituents is 2. The minimum absolute atomic E-state index is 0.116. The molecule has 18 heteroatoms. The van der Waals surface area contributed by atoms with Gasteiger partial charge >= 0.3 is 12.4 Å². The summed E-state index contributed by atoms with van der Waals surface area (Å²) in [6.45, 7) is 0.385. The van der Waals surface area contributed by atoms with Gasteiger partial charge in [-0.25, -0.2) is 0 Å². The van der Waals surface area contributed by atoms with Gasteiger partial charge in [0.15, 0.2) is 11.2 Å². The summed E-state index contributed by atoms with van der Waals surface area (Å²) in [4.78, 5) is 22.6. The van der Waals surface area contributed by atoms with Gasteiger partial charge in [-0.2, -0.15) is 26.3 Å². The largest absolute Gasteiger partial charge is 0.422 e. The number of benzene rings is 6. The van der Waals surface area contributed by atoms with E-state index >= 15 is 0 Å². The number of thioether (sulfide) groups is 2. The molecule has 0 aliphatic rings. The Kier molecular flexibility index (Phi) is 14.0. The van der Waals surface area contributed by atoms with Crippen LogP contribution in [0.15, 0.2) is 180 Å². The van der Waals surface area contributed by atoms with Gasteiger partial charge in [0.25, 0.3) is 11.4 Å². The van der Waals surface area contributed by atoms with Gasteiger partial charge in [-0.15, -0.1) is 23.5 Å². The van der Waals surface area contributed by atoms with Crippen LogP contribution >= 0.6 is 23.5 Å². The van der Waals surface area contributed by atoms with Gasteiger partial charge in [0.1, 0.15) is 0 Å². The standard InChI is InChI=1S/2C24H19F3N2O3S/c2*25-24(26,27)23(30,16-33-19-9-5-2-6-10-19)21-15-28(14-17-7-3-1-4-8-17)22-13-18(29(31)32)11-12-20(21)22/h2*1-13,15,30H,14,16H2. The van der Waals surface area contributed by atoms with Crippen molar-refractivity contribution in [2.75, 3.05) is 11.5 Å². The molecule has 0 bridgehead atoms. The maximum Gasteiger partial charge on any atom is 0.422 e. The summed E-state index contributed by atoms with van der Waals surface area (Å²) in [6, 6.07) is 42.4. The van der Waals surface area contributed by atoms with E-state index in [4.69, 9.17) is 0 Å². The molecule has 0 saturated carbocycles. The molecule has 66 heavy (non-hydrogen) atoms. The number of aromatic nitrogens is 2. The smallest absolute Gasteiger partial charge is 0.376 e. The predicted octanol–water partition coefficient (Wildman–Crippen LogP) is 12.3. The molecule has 2 unspecified atom stereocenters. The molecule has 340 valence electrons. The minimum Gasteiger partial charge on any atom is -0.376 e. The molecule has 0 aliphatic heterocycles. The van der Waals surface area contributed by atoms with E-state index in [9.17, 15) is 56.8 Å². The lowest BCUT2D eigenvalue weighted by Gasteiger charge is -2.30. The zero-order chi connectivity index (χ0) is 47.3. The quantitative estimate of drug-likeness (QED) is 0.0476. The molecule has 6 aromatic carbocycles. The Hall–Kier alpha value is -6.60. The van der Waals surface area contributed by atoms with E-state index in [-0.39, 0.29) is 57.4 Å². The van der Waals surface area contributed by atoms with Crippen LogP contribution in [0.2, 0.25) is 0 Å². The molecule has 0 radical (unpaired) electrons. The monoisotopic (exact) mass is 944 g/mol. The Bertz CT molecular complexity index is 2750. The number of hydrogen-bond acceptors (Lipinski definition) is 8. The molecule has 0 spiro atoms. The number of nitrogens with zero attached hydrogens (tertiary/aromatic N) is 4. The predicted molar refractivity (Wildman–Crippen MR) is 243 cm³/mol. The number of aliphatic hydroxyl groups is 2. The lowest BCUT2D eigenvalue weighted by molar-refractivity contribution is -0.384. The summed E-state index contributed by atoms with van der Waals surface area (Å²) < 4.78 is 88.7. The van der Waals surface area contributed by atoms with E-state index in [0.717, 1.165) is 46.8 Å². The van der Waals surface area contributed by atoms with Crippen LogP contribution < -0.4 is 0 Å². The Morgan fingerprint density at radius 3 is 1.11 bits per heavy atom. The highest BCUT2D eigenvalue weighted by Gasteiger charge is 2.57. The highest BCUT2D eigenvalue weighted by Crippen LogP contribution is 2.48. The Morgan fingerprint density at radius 1 is 0.485 bits per heavy atom. The van der Waals surface area contributed by atoms with Crippen LogP contribution in [0.5, 0.6) is 0 Å². The van der Waals surface area contributed by atoms with E-state index in [0.29, 0.717) is 9.79 Å². The molecule has 0 aliphatic carbocycles. The van der Waals surface area contributed by atoms with Crippen LogP contribution in [0.4, 0.5) is 37.7 Å². The fraction of sp³-hybridized carbons (Fsp3) is 0.167. The molecule has 2 atom stereocenters. The summed E-state index contributed by atoms with van der Waals surface area (Å²) in [5.74, 6) is -1.33. The first-order valence-corrected chi connectivity index (χ1v) is 21.9. The molecule has 8 rings (SSSR count). The highest BCUT2D eigenvalue weighted by molar-refractivity contribution is 7.99. The first kappa shape index (κ1) is 47.4. The second-order valence-corrected chi connectivity index (χ2v) is 17.2. The molecule has 0 amide bonds. The van der Waals surface area contributed by atoms with Gasteiger partial charge in [-0.1, -0.05) is 97.1 Å². The van der Waals surface area contributed by atoms with Crippen molar-refractivity contribution in [1.29, 1.82) is 0 Å². The molecule has 2 N–H and O–H groups in total. The van der Waals surface area contributed by atoms with E-state index in [1.807, 2.05) is 36.4 Å². The first-order valence-electron chi connectivity index (χ1n) is 20.0. The topological polar surface area (TPSA) is 137 Å². The van der Waals surface area contributed by atoms with Crippen molar-refractivity contribution in [1.82, 2.24) is 9.13 Å². The molecular weight excluding hydrogens is 907 g/mol. The van der Waals surface area contributed by atoms with Crippen molar-refractivity contribution in [3.05, 3.63) is 213 Å². The molecular formula is C48H38F6N4O6S2. The van der Waals surface area contributed by atoms with Gasteiger partial charge in [-0.3, -0.25) is 20.2 Å². The van der Waals surface area contributed by atoms with Crippen molar-refractivity contribution in [3.8, 4) is 0 Å². The third-order valence-electron chi connectivity index (χ3n) is 10.8. The lowest BCUT2D eigenvalue weighted by atomic mass is 9.94. The average Bonchev–Trinajstić information content (AvgIpc) is 3.86. The van der Waals surface area contributed by atoms with Crippen LogP contribution in [0.3, 0.4) is 0 Å². The van der Waals surface area contributed by atoms with Crippen molar-refractivity contribution in [3.63, 3.8) is 0 Å². The third kappa shape index (κ3) is 10.3. The number of alkyl halides is 6. The van der Waals surface area contributed by atoms with E-state index in [2.05, 4.69) is 0 Å². The lowest BCUT2D eigenvalue weighted by Crippen LogP contribution is -2.44. The average molecular weight is 945 g/mol. The third-order valence-corrected chi connectivity index (χ3v) is 13.1. The molecule has 0 fully saturated rings. The fourth-order valence-corrected chi connectivity index (χ4v) is 9.39. The molecule has 2 aromatic heterocycles. The van der Waals surface area contributed by atoms with Gasteiger partial charge in [0.05, 0.1) is 20.9 Å². The van der Waals surface area contributed by atoms with E-state index in [1.54, 1.807) is 84.9 Å². The number of halogens is 6. The summed E-state index contributed by atoms with van der Waals surface area (Å²) in [5, 5.41) is 44.9. The molecule has 8 aromatic rings. The van der Waals surface area contributed by atoms with E-state index < -0.39 is 44.9 Å². The number of nitro groups is 2. The number of hydrogen-bond donors (Lipinski definition) is 2. The summed E-state index contributed by atoms with van der Waals surface area (Å²) in [7, 11) is 0. The van der Waals surface area contributed by atoms with Crippen molar-refractivity contribution < 1.29 is 46.4 Å². The highest BCUT2D eigenvalue weighted by atomic mass is 32.2. The Morgan fingerprint density at radius 2 is 0.803 bits per heavy atom. The van der Waals surface area contributed by atoms with Gasteiger partial charge in [0.2, 0.25) is 0 Å².